The molecule has 0 atom stereocenters. The van der Waals surface area contributed by atoms with Crippen LogP contribution in [0.5, 0.6) is 0 Å². The van der Waals surface area contributed by atoms with Gasteiger partial charge in [-0.05, 0) is 48.6 Å². The molecule has 0 unspecified atom stereocenters. The summed E-state index contributed by atoms with van der Waals surface area (Å²) in [6, 6.07) is 9.87. The molecule has 0 aliphatic heterocycles. The van der Waals surface area contributed by atoms with Gasteiger partial charge in [0.05, 0.1) is 12.2 Å². The van der Waals surface area contributed by atoms with Gasteiger partial charge in [-0.3, -0.25) is 19.7 Å². The van der Waals surface area contributed by atoms with Crippen molar-refractivity contribution in [2.24, 2.45) is 5.92 Å². The number of aromatic nitrogens is 1. The molecule has 3 amide bonds. The lowest BCUT2D eigenvalue weighted by Gasteiger charge is -2.14. The zero-order valence-corrected chi connectivity index (χ0v) is 17.6. The Morgan fingerprint density at radius 1 is 1.12 bits per heavy atom. The summed E-state index contributed by atoms with van der Waals surface area (Å²) in [5.41, 5.74) is 4.43. The van der Waals surface area contributed by atoms with Gasteiger partial charge in [0.2, 0.25) is 0 Å². The Balaban J connectivity index is 1.53. The number of carboxylic acid groups (broad SMARTS) is 1. The second kappa shape index (κ2) is 11.7. The van der Waals surface area contributed by atoms with Gasteiger partial charge in [0, 0.05) is 18.4 Å². The predicted molar refractivity (Wildman–Crippen MR) is 118 cm³/mol. The van der Waals surface area contributed by atoms with E-state index in [1.807, 2.05) is 6.07 Å². The number of nitrogens with zero attached hydrogens (tertiary/aromatic N) is 1. The summed E-state index contributed by atoms with van der Waals surface area (Å²) >= 11 is 0. The number of rotatable bonds is 10. The van der Waals surface area contributed by atoms with Crippen LogP contribution in [0.25, 0.3) is 0 Å². The fraction of sp³-hybridized carbons (Fsp3) is 0.364. The quantitative estimate of drug-likeness (QED) is 0.357. The summed E-state index contributed by atoms with van der Waals surface area (Å²) in [5, 5.41) is 16.5. The van der Waals surface area contributed by atoms with Crippen molar-refractivity contribution in [3.05, 3.63) is 53.7 Å². The van der Waals surface area contributed by atoms with Crippen LogP contribution in [0, 0.1) is 5.92 Å². The Morgan fingerprint density at radius 2 is 1.91 bits per heavy atom. The van der Waals surface area contributed by atoms with Gasteiger partial charge < -0.3 is 15.7 Å². The fourth-order valence-electron chi connectivity index (χ4n) is 3.46. The number of anilines is 2. The first-order valence-electron chi connectivity index (χ1n) is 10.5. The van der Waals surface area contributed by atoms with Crippen LogP contribution < -0.4 is 21.4 Å². The van der Waals surface area contributed by atoms with Crippen LogP contribution in [0.1, 0.15) is 41.6 Å². The molecule has 1 aliphatic rings. The minimum atomic E-state index is -1.14. The van der Waals surface area contributed by atoms with Crippen LogP contribution in [0.3, 0.4) is 0 Å². The van der Waals surface area contributed by atoms with Crippen molar-refractivity contribution < 1.29 is 24.3 Å². The third kappa shape index (κ3) is 7.24. The third-order valence-corrected chi connectivity index (χ3v) is 5.08. The van der Waals surface area contributed by atoms with Crippen LogP contribution in [-0.2, 0) is 16.2 Å². The molecule has 1 aliphatic carbocycles. The lowest BCUT2D eigenvalue weighted by atomic mass is 10.1. The predicted octanol–water partition coefficient (Wildman–Crippen LogP) is 2.75. The summed E-state index contributed by atoms with van der Waals surface area (Å²) in [4.78, 5) is 44.2. The van der Waals surface area contributed by atoms with Gasteiger partial charge in [0.1, 0.15) is 12.4 Å². The molecule has 2 aromatic rings. The van der Waals surface area contributed by atoms with E-state index in [0.29, 0.717) is 30.3 Å². The van der Waals surface area contributed by atoms with Crippen molar-refractivity contribution in [3.8, 4) is 0 Å². The summed E-state index contributed by atoms with van der Waals surface area (Å²) in [6.07, 6.45) is 6.23. The minimum Gasteiger partial charge on any atom is -0.480 e. The monoisotopic (exact) mass is 441 g/mol. The van der Waals surface area contributed by atoms with E-state index in [4.69, 9.17) is 9.94 Å². The largest absolute Gasteiger partial charge is 0.480 e. The highest BCUT2D eigenvalue weighted by atomic mass is 16.7. The number of amides is 3. The molecule has 0 spiro atoms. The summed E-state index contributed by atoms with van der Waals surface area (Å²) in [6.45, 7) is 0.408. The molecule has 1 fully saturated rings. The number of carboxylic acids is 1. The van der Waals surface area contributed by atoms with Gasteiger partial charge in [-0.15, -0.1) is 0 Å². The zero-order chi connectivity index (χ0) is 22.8. The molecule has 1 aromatic carbocycles. The number of urea groups is 1. The molecule has 1 saturated carbocycles. The number of hydrogen-bond acceptors (Lipinski definition) is 6. The van der Waals surface area contributed by atoms with Gasteiger partial charge in [0.25, 0.3) is 5.91 Å². The number of nitrogens with one attached hydrogen (secondary N) is 4. The average molecular weight is 441 g/mol. The Kier molecular flexibility index (Phi) is 8.38. The van der Waals surface area contributed by atoms with Crippen LogP contribution in [0.4, 0.5) is 16.3 Å². The van der Waals surface area contributed by atoms with E-state index in [0.717, 1.165) is 18.4 Å². The van der Waals surface area contributed by atoms with E-state index < -0.39 is 18.5 Å². The molecule has 1 aromatic heterocycles. The first-order valence-corrected chi connectivity index (χ1v) is 10.5. The molecule has 0 bridgehead atoms. The molecule has 10 heteroatoms. The Hall–Kier alpha value is -3.66. The third-order valence-electron chi connectivity index (χ3n) is 5.08. The molecule has 3 rings (SSSR count). The summed E-state index contributed by atoms with van der Waals surface area (Å²) < 4.78 is 0. The fourth-order valence-corrected chi connectivity index (χ4v) is 3.46. The molecule has 0 radical (unpaired) electrons. The van der Waals surface area contributed by atoms with Crippen molar-refractivity contribution in [1.29, 1.82) is 0 Å². The van der Waals surface area contributed by atoms with E-state index in [-0.39, 0.29) is 11.7 Å². The number of hydrogen-bond donors (Lipinski definition) is 5. The SMILES string of the molecule is O=C(O)CNC(=O)Nc1cc(CNc2ccccc2C(=O)NOCC2CCCC2)ccn1. The Bertz CT molecular complexity index is 946. The molecule has 0 saturated heterocycles. The van der Waals surface area contributed by atoms with E-state index in [1.165, 1.54) is 19.0 Å². The Labute approximate surface area is 185 Å². The van der Waals surface area contributed by atoms with Gasteiger partial charge in [-0.1, -0.05) is 25.0 Å². The molecule has 5 N–H and O–H groups in total. The van der Waals surface area contributed by atoms with E-state index in [1.54, 1.807) is 30.3 Å². The van der Waals surface area contributed by atoms with E-state index in [2.05, 4.69) is 26.4 Å². The van der Waals surface area contributed by atoms with E-state index in [9.17, 15) is 14.4 Å². The number of carbonyl (C=O) groups excluding carboxylic acids is 2. The van der Waals surface area contributed by atoms with Crippen LogP contribution in [0.15, 0.2) is 42.6 Å². The summed E-state index contributed by atoms with van der Waals surface area (Å²) in [5.74, 6) is -0.682. The topological polar surface area (TPSA) is 142 Å². The van der Waals surface area contributed by atoms with Crippen molar-refractivity contribution in [2.75, 3.05) is 23.8 Å². The maximum Gasteiger partial charge on any atom is 0.323 e. The lowest BCUT2D eigenvalue weighted by molar-refractivity contribution is -0.135. The highest BCUT2D eigenvalue weighted by Gasteiger charge is 2.17. The number of benzene rings is 1. The highest BCUT2D eigenvalue weighted by molar-refractivity contribution is 5.99. The lowest BCUT2D eigenvalue weighted by Crippen LogP contribution is -2.33. The molecule has 1 heterocycles. The minimum absolute atomic E-state index is 0.276. The van der Waals surface area contributed by atoms with Crippen molar-refractivity contribution in [2.45, 2.75) is 32.2 Å². The molecule has 10 nitrogen and oxygen atoms in total. The second-order valence-electron chi connectivity index (χ2n) is 7.54. The van der Waals surface area contributed by atoms with Gasteiger partial charge in [0.15, 0.2) is 0 Å². The van der Waals surface area contributed by atoms with Crippen LogP contribution >= 0.6 is 0 Å². The number of carbonyl (C=O) groups is 3. The second-order valence-corrected chi connectivity index (χ2v) is 7.54. The van der Waals surface area contributed by atoms with Crippen LogP contribution in [-0.4, -0.2) is 41.1 Å². The summed E-state index contributed by atoms with van der Waals surface area (Å²) in [7, 11) is 0. The maximum absolute atomic E-state index is 12.6. The molecular weight excluding hydrogens is 414 g/mol. The first-order chi connectivity index (χ1) is 15.5. The highest BCUT2D eigenvalue weighted by Crippen LogP contribution is 2.24. The van der Waals surface area contributed by atoms with Gasteiger partial charge >= 0.3 is 12.0 Å². The van der Waals surface area contributed by atoms with Crippen molar-refractivity contribution >= 4 is 29.4 Å². The number of hydroxylamine groups is 1. The standard InChI is InChI=1S/C22H27N5O5/c28-20(29)13-25-22(31)26-19-11-16(9-10-23-19)12-24-18-8-4-3-7-17(18)21(30)27-32-14-15-5-1-2-6-15/h3-4,7-11,15,24H,1-2,5-6,12-14H2,(H,27,30)(H,28,29)(H2,23,25,26,31). The smallest absolute Gasteiger partial charge is 0.323 e. The van der Waals surface area contributed by atoms with E-state index >= 15 is 0 Å². The van der Waals surface area contributed by atoms with Crippen molar-refractivity contribution in [1.82, 2.24) is 15.8 Å². The Morgan fingerprint density at radius 3 is 2.69 bits per heavy atom. The molecule has 32 heavy (non-hydrogen) atoms. The van der Waals surface area contributed by atoms with Crippen LogP contribution in [0.2, 0.25) is 0 Å². The maximum atomic E-state index is 12.6. The normalized spacial score (nSPS) is 13.4. The number of pyridine rings is 1. The van der Waals surface area contributed by atoms with Gasteiger partial charge in [-0.2, -0.15) is 0 Å². The zero-order valence-electron chi connectivity index (χ0n) is 17.6. The van der Waals surface area contributed by atoms with Gasteiger partial charge in [-0.25, -0.2) is 15.3 Å². The first kappa shape index (κ1) is 23.0. The molecular formula is C22H27N5O5. The number of aliphatic carboxylic acids is 1. The number of para-hydroxylation sites is 1. The molecule has 170 valence electrons. The van der Waals surface area contributed by atoms with Crippen molar-refractivity contribution in [3.63, 3.8) is 0 Å². The average Bonchev–Trinajstić information content (AvgIpc) is 3.30.